The van der Waals surface area contributed by atoms with Crippen molar-refractivity contribution in [3.8, 4) is 28.7 Å². The molecule has 420 valence electrons. The van der Waals surface area contributed by atoms with Gasteiger partial charge in [0.15, 0.2) is 33.7 Å². The fourth-order valence-corrected chi connectivity index (χ4v) is 11.0. The van der Waals surface area contributed by atoms with Crippen LogP contribution in [0.25, 0.3) is 21.5 Å². The highest BCUT2D eigenvalue weighted by Gasteiger charge is 2.27. The highest BCUT2D eigenvalue weighted by molar-refractivity contribution is 7.94. The average molecular weight is 1240 g/mol. The maximum Gasteiger partial charge on any atom is 0.296 e. The van der Waals surface area contributed by atoms with Crippen LogP contribution in [0.1, 0.15) is 0 Å². The molecule has 39 heteroatoms. The van der Waals surface area contributed by atoms with Gasteiger partial charge in [-0.15, -0.1) is 29.1 Å². The number of ether oxygens (including phenoxy) is 3. The first-order chi connectivity index (χ1) is 37.3. The molecule has 0 amide bonds. The summed E-state index contributed by atoms with van der Waals surface area (Å²) in [5, 5.41) is 67.8. The summed E-state index contributed by atoms with van der Waals surface area (Å²) < 4.78 is 160. The number of halogens is 1. The maximum absolute atomic E-state index is 13.3. The Hall–Kier alpha value is -6.96. The van der Waals surface area contributed by atoms with E-state index in [-0.39, 0.29) is 96.0 Å². The third-order valence-corrected chi connectivity index (χ3v) is 15.8. The van der Waals surface area contributed by atoms with E-state index in [1.165, 1.54) is 38.5 Å². The number of fused-ring (bicyclic) bond motifs is 2. The van der Waals surface area contributed by atoms with Crippen LogP contribution in [0.3, 0.4) is 0 Å². The van der Waals surface area contributed by atoms with Crippen molar-refractivity contribution in [3.05, 3.63) is 78.1 Å². The molecule has 0 atom stereocenters. The molecule has 32 nitrogen and oxygen atoms in total. The van der Waals surface area contributed by atoms with Crippen molar-refractivity contribution in [3.63, 3.8) is 0 Å². The molecule has 9 N–H and O–H groups in total. The van der Waals surface area contributed by atoms with Gasteiger partial charge in [-0.3, -0.25) is 17.8 Å². The van der Waals surface area contributed by atoms with Crippen LogP contribution >= 0.6 is 36.0 Å². The van der Waals surface area contributed by atoms with Gasteiger partial charge in [-0.1, -0.05) is 16.1 Å². The normalized spacial score (nSPS) is 12.5. The van der Waals surface area contributed by atoms with Crippen molar-refractivity contribution in [2.75, 3.05) is 44.3 Å². The Morgan fingerprint density at radius 3 is 1.94 bits per heavy atom. The predicted octanol–water partition coefficient (Wildman–Crippen LogP) is 8.53. The minimum Gasteiger partial charge on any atom is -0.505 e. The minimum absolute atomic E-state index is 0.00112. The van der Waals surface area contributed by atoms with E-state index in [2.05, 4.69) is 64.8 Å². The number of anilines is 4. The zero-order valence-corrected chi connectivity index (χ0v) is 45.1. The second-order valence-corrected chi connectivity index (χ2v) is 22.9. The van der Waals surface area contributed by atoms with Crippen LogP contribution in [0.15, 0.2) is 118 Å². The van der Waals surface area contributed by atoms with Crippen molar-refractivity contribution >= 4 is 144 Å². The number of aromatic hydroxyl groups is 2. The van der Waals surface area contributed by atoms with Crippen LogP contribution in [0.2, 0.25) is 5.28 Å². The number of phenols is 2. The maximum atomic E-state index is 13.3. The molecule has 0 saturated heterocycles. The van der Waals surface area contributed by atoms with Gasteiger partial charge in [0.1, 0.15) is 54.7 Å². The van der Waals surface area contributed by atoms with Gasteiger partial charge in [0.2, 0.25) is 17.2 Å². The van der Waals surface area contributed by atoms with E-state index in [1.54, 1.807) is 0 Å². The van der Waals surface area contributed by atoms with Crippen molar-refractivity contribution in [2.24, 2.45) is 20.5 Å². The van der Waals surface area contributed by atoms with E-state index in [9.17, 15) is 57.5 Å². The summed E-state index contributed by atoms with van der Waals surface area (Å²) in [6.07, 6.45) is 0. The number of nitrogens with zero attached hydrogens (tertiary/aromatic N) is 7. The number of rotatable bonds is 24. The second kappa shape index (κ2) is 24.6. The molecule has 7 rings (SSSR count). The molecule has 0 aliphatic heterocycles. The number of azo groups is 2. The first kappa shape index (κ1) is 59.7. The third kappa shape index (κ3) is 14.1. The van der Waals surface area contributed by atoms with Gasteiger partial charge in [0.25, 0.3) is 30.4 Å². The van der Waals surface area contributed by atoms with Crippen LogP contribution in [0.5, 0.6) is 28.7 Å². The monoisotopic (exact) mass is 1230 g/mol. The summed E-state index contributed by atoms with van der Waals surface area (Å²) in [6.45, 7) is -0.449. The molecular weight excluding hydrogens is 1200 g/mol. The Labute approximate surface area is 457 Å². The molecule has 0 spiro atoms. The summed E-state index contributed by atoms with van der Waals surface area (Å²) in [5.41, 5.74) is -2.38. The third-order valence-electron chi connectivity index (χ3n) is 10.3. The molecule has 1 heterocycles. The lowest BCUT2D eigenvalue weighted by atomic mass is 10.1. The quantitative estimate of drug-likeness (QED) is 0.00683. The van der Waals surface area contributed by atoms with Gasteiger partial charge in [-0.25, -0.2) is 18.9 Å². The van der Waals surface area contributed by atoms with Gasteiger partial charge in [-0.2, -0.15) is 40.2 Å². The van der Waals surface area contributed by atoms with Crippen molar-refractivity contribution in [2.45, 2.75) is 24.5 Å². The first-order valence-electron chi connectivity index (χ1n) is 20.7. The fourth-order valence-electron chi connectivity index (χ4n) is 6.96. The lowest BCUT2D eigenvalue weighted by Crippen LogP contribution is -2.12. The largest absolute Gasteiger partial charge is 0.505 e. The number of nitrogens with one attached hydrogen (secondary N) is 2. The van der Waals surface area contributed by atoms with E-state index >= 15 is 0 Å². The van der Waals surface area contributed by atoms with E-state index in [1.807, 2.05) is 0 Å². The molecule has 0 bridgehead atoms. The van der Waals surface area contributed by atoms with Crippen LogP contribution in [0.4, 0.5) is 46.0 Å². The van der Waals surface area contributed by atoms with Gasteiger partial charge >= 0.3 is 0 Å². The number of phenolic OH excluding ortho intramolecular Hbond substituents is 2. The highest BCUT2D eigenvalue weighted by Crippen LogP contribution is 2.49. The Morgan fingerprint density at radius 2 is 1.29 bits per heavy atom. The molecular formula is C40H34ClN9O23S6. The highest BCUT2D eigenvalue weighted by atomic mass is 35.5. The van der Waals surface area contributed by atoms with Crippen LogP contribution in [-0.2, 0) is 63.1 Å². The second-order valence-electron chi connectivity index (χ2n) is 15.1. The zero-order valence-electron chi connectivity index (χ0n) is 39.5. The molecule has 0 unspecified atom stereocenters. The Bertz CT molecular complexity index is 4050. The van der Waals surface area contributed by atoms with Gasteiger partial charge in [-0.05, 0) is 70.9 Å². The first-order valence-corrected chi connectivity index (χ1v) is 28.5. The summed E-state index contributed by atoms with van der Waals surface area (Å²) in [7, 11) is -15.8. The standard InChI is InChI=1S/C40H34ClN9O23S6/c1-66-21-6-7-24(30(14-21)78(60,61)62)47-50-35-32(79(63,64)65)12-18-4-5-20(13-23(18)36(35)51)42-39-44-38(41)45-40(46-39)43-26-15-22(77(57,58)59)10-19-11-29(74-72-70-53)34(37(52)33(19)26)49-48-25-16-28(68-3)31(17-27(25)67-2)76(55,56)9-8-69-75-73-71-54/h4-7,10-17,51-54H,8-9H2,1-3H3,(H,57,58,59)(H,60,61,62)(H,63,64,65)(H2,42,43,44,45,46). The van der Waals surface area contributed by atoms with Crippen LogP contribution < -0.4 is 24.8 Å². The number of hydrogen-bond acceptors (Lipinski definition) is 31. The molecule has 0 saturated carbocycles. The van der Waals surface area contributed by atoms with E-state index in [0.717, 1.165) is 55.6 Å². The van der Waals surface area contributed by atoms with Gasteiger partial charge in [0, 0.05) is 34.7 Å². The van der Waals surface area contributed by atoms with Crippen molar-refractivity contribution in [1.29, 1.82) is 0 Å². The van der Waals surface area contributed by atoms with Crippen LogP contribution in [-0.4, -0.2) is 117 Å². The van der Waals surface area contributed by atoms with Crippen molar-refractivity contribution in [1.82, 2.24) is 15.0 Å². The average Bonchev–Trinajstić information content (AvgIpc) is 3.41. The number of aromatic nitrogens is 3. The molecule has 7 aromatic rings. The molecule has 1 aromatic heterocycles. The molecule has 79 heavy (non-hydrogen) atoms. The SMILES string of the molecule is COc1ccc(N=Nc2c(S(=O)(=O)O)cc3ccc(Nc4nc(Cl)nc(Nc5cc(S(=O)(=O)O)cc6cc(SOOO)c(N=Nc7cc(OC)c(S(=O)(=O)CCOSOOO)cc7OC)c(O)c56)n4)cc3c2O)c(S(=O)(=O)O)c1. The summed E-state index contributed by atoms with van der Waals surface area (Å²) in [4.78, 5) is 9.16. The van der Waals surface area contributed by atoms with Crippen LogP contribution in [0, 0.1) is 0 Å². The van der Waals surface area contributed by atoms with Crippen molar-refractivity contribution < 1.29 is 105 Å². The lowest BCUT2D eigenvalue weighted by Gasteiger charge is -2.16. The summed E-state index contributed by atoms with van der Waals surface area (Å²) >= 11 is 6.69. The fraction of sp³-hybridized carbons (Fsp3) is 0.125. The van der Waals surface area contributed by atoms with Gasteiger partial charge in [0.05, 0.1) is 61.2 Å². The van der Waals surface area contributed by atoms with Gasteiger partial charge < -0.3 is 35.1 Å². The summed E-state index contributed by atoms with van der Waals surface area (Å²) in [5.74, 6) is -3.63. The smallest absolute Gasteiger partial charge is 0.296 e. The Morgan fingerprint density at radius 1 is 0.620 bits per heavy atom. The molecule has 6 aromatic carbocycles. The number of benzene rings is 6. The Kier molecular flexibility index (Phi) is 18.6. The Balaban J connectivity index is 1.28. The molecule has 0 fully saturated rings. The number of sulfone groups is 1. The van der Waals surface area contributed by atoms with E-state index in [4.69, 9.17) is 40.5 Å². The topological polar surface area (TPSA) is 464 Å². The number of methoxy groups -OCH3 is 3. The number of hydrogen-bond donors (Lipinski definition) is 9. The molecule has 0 aliphatic carbocycles. The lowest BCUT2D eigenvalue weighted by molar-refractivity contribution is -0.434. The van der Waals surface area contributed by atoms with E-state index in [0.29, 0.717) is 0 Å². The summed E-state index contributed by atoms with van der Waals surface area (Å²) in [6, 6.07) is 13.1. The zero-order chi connectivity index (χ0) is 57.6. The molecule has 0 radical (unpaired) electrons. The van der Waals surface area contributed by atoms with E-state index < -0.39 is 107 Å². The predicted molar refractivity (Wildman–Crippen MR) is 274 cm³/mol. The molecule has 0 aliphatic rings. The minimum atomic E-state index is -5.16.